The zero-order valence-corrected chi connectivity index (χ0v) is 9.73. The fourth-order valence-electron chi connectivity index (χ4n) is 1.45. The number of amides is 1. The van der Waals surface area contributed by atoms with Crippen LogP contribution in [-0.2, 0) is 9.59 Å². The Labute approximate surface area is 104 Å². The topological polar surface area (TPSA) is 66.4 Å². The maximum Gasteiger partial charge on any atom is 0.331 e. The summed E-state index contributed by atoms with van der Waals surface area (Å²) in [6, 6.07) is 4.09. The summed E-state index contributed by atoms with van der Waals surface area (Å²) in [7, 11) is 0. The number of carbonyl (C=O) groups is 2. The summed E-state index contributed by atoms with van der Waals surface area (Å²) in [6.07, 6.45) is 2.12. The van der Waals surface area contributed by atoms with Crippen molar-refractivity contribution in [1.82, 2.24) is 5.32 Å². The molecule has 1 aromatic rings. The molecule has 0 radical (unpaired) electrons. The van der Waals surface area contributed by atoms with E-state index in [9.17, 15) is 14.0 Å². The van der Waals surface area contributed by atoms with Crippen molar-refractivity contribution in [3.05, 3.63) is 48.3 Å². The monoisotopic (exact) mass is 251 g/mol. The van der Waals surface area contributed by atoms with Crippen LogP contribution in [0.5, 0.6) is 0 Å². The van der Waals surface area contributed by atoms with Crippen molar-refractivity contribution in [2.45, 2.75) is 18.9 Å². The van der Waals surface area contributed by atoms with Gasteiger partial charge in [0.2, 0.25) is 5.91 Å². The summed E-state index contributed by atoms with van der Waals surface area (Å²) in [5.74, 6) is -2.41. The van der Waals surface area contributed by atoms with Crippen molar-refractivity contribution in [2.24, 2.45) is 0 Å². The minimum absolute atomic E-state index is 0.0584. The second-order valence-electron chi connectivity index (χ2n) is 3.69. The lowest BCUT2D eigenvalue weighted by Crippen LogP contribution is -2.34. The van der Waals surface area contributed by atoms with Crippen molar-refractivity contribution < 1.29 is 19.1 Å². The van der Waals surface area contributed by atoms with E-state index in [2.05, 4.69) is 11.9 Å². The van der Waals surface area contributed by atoms with Crippen LogP contribution in [-0.4, -0.2) is 17.0 Å². The van der Waals surface area contributed by atoms with Crippen LogP contribution in [0, 0.1) is 5.82 Å². The molecule has 0 aliphatic carbocycles. The fraction of sp³-hybridized carbons (Fsp3) is 0.231. The molecule has 1 rings (SSSR count). The normalized spacial score (nSPS) is 11.6. The zero-order chi connectivity index (χ0) is 13.5. The van der Waals surface area contributed by atoms with Crippen molar-refractivity contribution >= 4 is 11.9 Å². The lowest BCUT2D eigenvalue weighted by molar-refractivity contribution is -0.142. The Morgan fingerprint density at radius 3 is 2.67 bits per heavy atom. The van der Waals surface area contributed by atoms with Crippen molar-refractivity contribution in [3.63, 3.8) is 0 Å². The molecule has 1 atom stereocenters. The van der Waals surface area contributed by atoms with Crippen molar-refractivity contribution in [2.75, 3.05) is 0 Å². The van der Waals surface area contributed by atoms with E-state index in [1.165, 1.54) is 18.2 Å². The van der Waals surface area contributed by atoms with Crippen LogP contribution in [0.15, 0.2) is 36.9 Å². The molecule has 0 heterocycles. The Hall–Kier alpha value is -2.17. The highest BCUT2D eigenvalue weighted by Gasteiger charge is 2.24. The Balaban J connectivity index is 2.84. The highest BCUT2D eigenvalue weighted by Crippen LogP contribution is 2.17. The van der Waals surface area contributed by atoms with Crippen LogP contribution in [0.4, 0.5) is 4.39 Å². The number of rotatable bonds is 6. The summed E-state index contributed by atoms with van der Waals surface area (Å²) in [5.41, 5.74) is -0.0584. The first-order valence-electron chi connectivity index (χ1n) is 5.43. The summed E-state index contributed by atoms with van der Waals surface area (Å²) < 4.78 is 13.5. The number of nitrogens with one attached hydrogen (secondary N) is 1. The summed E-state index contributed by atoms with van der Waals surface area (Å²) >= 11 is 0. The molecular weight excluding hydrogens is 237 g/mol. The Kier molecular flexibility index (Phi) is 5.05. The lowest BCUT2D eigenvalue weighted by atomic mass is 10.1. The molecule has 0 bridgehead atoms. The number of hydrogen-bond donors (Lipinski definition) is 2. The van der Waals surface area contributed by atoms with Crippen molar-refractivity contribution in [1.29, 1.82) is 0 Å². The molecule has 0 aliphatic heterocycles. The van der Waals surface area contributed by atoms with Crippen LogP contribution in [0.25, 0.3) is 0 Å². The smallest absolute Gasteiger partial charge is 0.331 e. The van der Waals surface area contributed by atoms with E-state index in [1.807, 2.05) is 0 Å². The Bertz CT molecular complexity index is 459. The molecule has 0 aromatic heterocycles. The SMILES string of the molecule is C=CCCC(=O)N[C@H](C(=O)O)c1ccccc1F. The molecule has 0 saturated heterocycles. The first-order chi connectivity index (χ1) is 8.56. The molecule has 2 N–H and O–H groups in total. The quantitative estimate of drug-likeness (QED) is 0.760. The lowest BCUT2D eigenvalue weighted by Gasteiger charge is -2.15. The molecule has 96 valence electrons. The van der Waals surface area contributed by atoms with Gasteiger partial charge in [0.1, 0.15) is 5.82 Å². The number of aliphatic carboxylic acids is 1. The van der Waals surface area contributed by atoms with Gasteiger partial charge in [-0.3, -0.25) is 4.79 Å². The van der Waals surface area contributed by atoms with E-state index in [1.54, 1.807) is 6.08 Å². The predicted molar refractivity (Wildman–Crippen MR) is 64.4 cm³/mol. The van der Waals surface area contributed by atoms with Gasteiger partial charge in [-0.2, -0.15) is 0 Å². The third-order valence-electron chi connectivity index (χ3n) is 2.34. The van der Waals surface area contributed by atoms with E-state index in [4.69, 9.17) is 5.11 Å². The number of carboxylic acids is 1. The fourth-order valence-corrected chi connectivity index (χ4v) is 1.45. The van der Waals surface area contributed by atoms with Crippen molar-refractivity contribution in [3.8, 4) is 0 Å². The van der Waals surface area contributed by atoms with E-state index < -0.39 is 23.7 Å². The first-order valence-corrected chi connectivity index (χ1v) is 5.43. The van der Waals surface area contributed by atoms with Gasteiger partial charge in [-0.1, -0.05) is 24.3 Å². The van der Waals surface area contributed by atoms with Gasteiger partial charge < -0.3 is 10.4 Å². The van der Waals surface area contributed by atoms with Crippen LogP contribution >= 0.6 is 0 Å². The molecule has 0 saturated carbocycles. The molecule has 1 aromatic carbocycles. The molecule has 5 heteroatoms. The summed E-state index contributed by atoms with van der Waals surface area (Å²) in [6.45, 7) is 3.46. The second kappa shape index (κ2) is 6.54. The van der Waals surface area contributed by atoms with E-state index in [0.29, 0.717) is 6.42 Å². The highest BCUT2D eigenvalue weighted by molar-refractivity contribution is 5.84. The molecule has 4 nitrogen and oxygen atoms in total. The maximum atomic E-state index is 13.5. The Morgan fingerprint density at radius 2 is 2.11 bits per heavy atom. The van der Waals surface area contributed by atoms with Crippen LogP contribution < -0.4 is 5.32 Å². The van der Waals surface area contributed by atoms with Gasteiger partial charge >= 0.3 is 5.97 Å². The molecule has 1 amide bonds. The molecular formula is C13H14FNO3. The van der Waals surface area contributed by atoms with Crippen LogP contribution in [0.1, 0.15) is 24.4 Å². The summed E-state index contributed by atoms with van der Waals surface area (Å²) in [4.78, 5) is 22.5. The minimum Gasteiger partial charge on any atom is -0.479 e. The second-order valence-corrected chi connectivity index (χ2v) is 3.69. The zero-order valence-electron chi connectivity index (χ0n) is 9.73. The van der Waals surface area contributed by atoms with Gasteiger partial charge in [0, 0.05) is 12.0 Å². The molecule has 0 fully saturated rings. The third kappa shape index (κ3) is 3.69. The van der Waals surface area contributed by atoms with Crippen LogP contribution in [0.2, 0.25) is 0 Å². The van der Waals surface area contributed by atoms with Crippen LogP contribution in [0.3, 0.4) is 0 Å². The van der Waals surface area contributed by atoms with E-state index >= 15 is 0 Å². The third-order valence-corrected chi connectivity index (χ3v) is 2.34. The van der Waals surface area contributed by atoms with Gasteiger partial charge in [0.05, 0.1) is 0 Å². The van der Waals surface area contributed by atoms with E-state index in [-0.39, 0.29) is 12.0 Å². The highest BCUT2D eigenvalue weighted by atomic mass is 19.1. The molecule has 0 spiro atoms. The number of carbonyl (C=O) groups excluding carboxylic acids is 1. The largest absolute Gasteiger partial charge is 0.479 e. The number of allylic oxidation sites excluding steroid dienone is 1. The number of carboxylic acid groups (broad SMARTS) is 1. The van der Waals surface area contributed by atoms with E-state index in [0.717, 1.165) is 6.07 Å². The summed E-state index contributed by atoms with van der Waals surface area (Å²) in [5, 5.41) is 11.3. The number of benzene rings is 1. The van der Waals surface area contributed by atoms with Gasteiger partial charge in [-0.15, -0.1) is 6.58 Å². The standard InChI is InChI=1S/C13H14FNO3/c1-2-3-8-11(16)15-12(13(17)18)9-6-4-5-7-10(9)14/h2,4-7,12H,1,3,8H2,(H,15,16)(H,17,18)/t12-/m0/s1. The van der Waals surface area contributed by atoms with Gasteiger partial charge in [0.25, 0.3) is 0 Å². The minimum atomic E-state index is -1.37. The Morgan fingerprint density at radius 1 is 1.44 bits per heavy atom. The average molecular weight is 251 g/mol. The molecule has 18 heavy (non-hydrogen) atoms. The number of hydrogen-bond acceptors (Lipinski definition) is 2. The molecule has 0 unspecified atom stereocenters. The average Bonchev–Trinajstić information content (AvgIpc) is 2.34. The predicted octanol–water partition coefficient (Wildman–Crippen LogP) is 2.03. The van der Waals surface area contributed by atoms with Gasteiger partial charge in [-0.25, -0.2) is 9.18 Å². The first kappa shape index (κ1) is 13.9. The van der Waals surface area contributed by atoms with Gasteiger partial charge in [-0.05, 0) is 12.5 Å². The maximum absolute atomic E-state index is 13.5. The number of halogens is 1. The van der Waals surface area contributed by atoms with Gasteiger partial charge in [0.15, 0.2) is 6.04 Å². The molecule has 0 aliphatic rings.